The summed E-state index contributed by atoms with van der Waals surface area (Å²) < 4.78 is 11.2. The summed E-state index contributed by atoms with van der Waals surface area (Å²) in [5, 5.41) is 0. The molecule has 0 aromatic rings. The summed E-state index contributed by atoms with van der Waals surface area (Å²) in [4.78, 5) is 11.8. The Morgan fingerprint density at radius 1 is 1.17 bits per heavy atom. The van der Waals surface area contributed by atoms with E-state index >= 15 is 0 Å². The Morgan fingerprint density at radius 3 is 2.44 bits per heavy atom. The number of rotatable bonds is 1. The standard InChI is InChI=1S/C13H20O3.C2H6/c1-13(2)15-9-11(16-13)8-10-6-4-3-5-7-12(10)14;1-2/h8,11H,3-7,9H2,1-2H3;1-2H3/b10-8+;/t11-;/m1./s1. The van der Waals surface area contributed by atoms with Gasteiger partial charge in [0.2, 0.25) is 0 Å². The van der Waals surface area contributed by atoms with Crippen LogP contribution < -0.4 is 0 Å². The van der Waals surface area contributed by atoms with Crippen LogP contribution in [0.15, 0.2) is 11.6 Å². The molecule has 1 heterocycles. The third kappa shape index (κ3) is 4.54. The third-order valence-electron chi connectivity index (χ3n) is 3.13. The van der Waals surface area contributed by atoms with Crippen LogP contribution in [0.3, 0.4) is 0 Å². The predicted octanol–water partition coefficient (Wildman–Crippen LogP) is 3.62. The molecule has 1 aliphatic carbocycles. The molecule has 0 N–H and O–H groups in total. The maximum Gasteiger partial charge on any atom is 0.163 e. The number of carbonyl (C=O) groups excluding carboxylic acids is 1. The largest absolute Gasteiger partial charge is 0.347 e. The number of ketones is 1. The number of allylic oxidation sites excluding steroid dienone is 1. The highest BCUT2D eigenvalue weighted by molar-refractivity contribution is 5.95. The summed E-state index contributed by atoms with van der Waals surface area (Å²) in [6.45, 7) is 8.37. The van der Waals surface area contributed by atoms with Gasteiger partial charge in [0.25, 0.3) is 0 Å². The maximum absolute atomic E-state index is 11.8. The Hall–Kier alpha value is -0.670. The summed E-state index contributed by atoms with van der Waals surface area (Å²) in [6.07, 6.45) is 6.84. The molecule has 104 valence electrons. The second kappa shape index (κ2) is 7.05. The van der Waals surface area contributed by atoms with Crippen molar-refractivity contribution >= 4 is 5.78 Å². The van der Waals surface area contributed by atoms with Crippen LogP contribution in [0.2, 0.25) is 0 Å². The van der Waals surface area contributed by atoms with Crippen LogP contribution in [-0.4, -0.2) is 24.3 Å². The SMILES string of the molecule is CC.CC1(C)OC[C@@H](/C=C2\CCCCCC2=O)O1. The van der Waals surface area contributed by atoms with E-state index < -0.39 is 5.79 Å². The molecule has 0 unspecified atom stereocenters. The van der Waals surface area contributed by atoms with Crippen LogP contribution in [-0.2, 0) is 14.3 Å². The van der Waals surface area contributed by atoms with E-state index in [9.17, 15) is 4.79 Å². The van der Waals surface area contributed by atoms with Gasteiger partial charge in [-0.05, 0) is 44.8 Å². The molecule has 2 aliphatic rings. The highest BCUT2D eigenvalue weighted by Gasteiger charge is 2.32. The van der Waals surface area contributed by atoms with E-state index in [-0.39, 0.29) is 6.10 Å². The lowest BCUT2D eigenvalue weighted by atomic mass is 10.0. The highest BCUT2D eigenvalue weighted by Crippen LogP contribution is 2.26. The van der Waals surface area contributed by atoms with Crippen LogP contribution >= 0.6 is 0 Å². The van der Waals surface area contributed by atoms with E-state index in [1.807, 2.05) is 33.8 Å². The zero-order chi connectivity index (χ0) is 13.6. The molecule has 0 amide bonds. The molecule has 3 nitrogen and oxygen atoms in total. The topological polar surface area (TPSA) is 35.5 Å². The van der Waals surface area contributed by atoms with Crippen molar-refractivity contribution in [2.24, 2.45) is 0 Å². The molecule has 3 heteroatoms. The first-order valence-electron chi connectivity index (χ1n) is 7.12. The third-order valence-corrected chi connectivity index (χ3v) is 3.13. The van der Waals surface area contributed by atoms with Crippen molar-refractivity contribution in [3.63, 3.8) is 0 Å². The van der Waals surface area contributed by atoms with Gasteiger partial charge in [0.15, 0.2) is 11.6 Å². The van der Waals surface area contributed by atoms with E-state index in [0.717, 1.165) is 31.3 Å². The molecule has 0 radical (unpaired) electrons. The second-order valence-corrected chi connectivity index (χ2v) is 5.04. The van der Waals surface area contributed by atoms with E-state index in [4.69, 9.17) is 9.47 Å². The predicted molar refractivity (Wildman–Crippen MR) is 72.4 cm³/mol. The molecule has 2 rings (SSSR count). The summed E-state index contributed by atoms with van der Waals surface area (Å²) in [5.74, 6) is -0.207. The summed E-state index contributed by atoms with van der Waals surface area (Å²) in [7, 11) is 0. The Kier molecular flexibility index (Phi) is 6.03. The van der Waals surface area contributed by atoms with Gasteiger partial charge in [-0.2, -0.15) is 0 Å². The fourth-order valence-electron chi connectivity index (χ4n) is 2.28. The Bertz CT molecular complexity index is 305. The fraction of sp³-hybridized carbons (Fsp3) is 0.800. The Balaban J connectivity index is 0.000000771. The van der Waals surface area contributed by atoms with Crippen LogP contribution in [0.1, 0.15) is 59.8 Å². The van der Waals surface area contributed by atoms with Gasteiger partial charge in [-0.15, -0.1) is 0 Å². The van der Waals surface area contributed by atoms with Crippen molar-refractivity contribution in [1.82, 2.24) is 0 Å². The van der Waals surface area contributed by atoms with E-state index in [0.29, 0.717) is 18.8 Å². The summed E-state index contributed by atoms with van der Waals surface area (Å²) in [5.41, 5.74) is 0.948. The van der Waals surface area contributed by atoms with Crippen molar-refractivity contribution in [3.8, 4) is 0 Å². The van der Waals surface area contributed by atoms with Gasteiger partial charge in [-0.1, -0.05) is 20.3 Å². The van der Waals surface area contributed by atoms with Gasteiger partial charge >= 0.3 is 0 Å². The quantitative estimate of drug-likeness (QED) is 0.529. The molecule has 0 bridgehead atoms. The lowest BCUT2D eigenvalue weighted by Gasteiger charge is -2.16. The van der Waals surface area contributed by atoms with Gasteiger partial charge in [-0.25, -0.2) is 0 Å². The molecule has 1 atom stereocenters. The summed E-state index contributed by atoms with van der Waals surface area (Å²) in [6, 6.07) is 0. The van der Waals surface area contributed by atoms with Gasteiger partial charge < -0.3 is 9.47 Å². The smallest absolute Gasteiger partial charge is 0.163 e. The Morgan fingerprint density at radius 2 is 1.83 bits per heavy atom. The lowest BCUT2D eigenvalue weighted by Crippen LogP contribution is -2.21. The van der Waals surface area contributed by atoms with Crippen molar-refractivity contribution in [1.29, 1.82) is 0 Å². The van der Waals surface area contributed by atoms with Crippen molar-refractivity contribution in [2.75, 3.05) is 6.61 Å². The molecule has 18 heavy (non-hydrogen) atoms. The van der Waals surface area contributed by atoms with Crippen molar-refractivity contribution in [2.45, 2.75) is 71.7 Å². The summed E-state index contributed by atoms with van der Waals surface area (Å²) >= 11 is 0. The minimum Gasteiger partial charge on any atom is -0.347 e. The molecular weight excluding hydrogens is 228 g/mol. The minimum atomic E-state index is -0.504. The molecule has 2 fully saturated rings. The number of hydrogen-bond donors (Lipinski definition) is 0. The first kappa shape index (κ1) is 15.4. The van der Waals surface area contributed by atoms with Gasteiger partial charge in [0.05, 0.1) is 6.61 Å². The zero-order valence-corrected chi connectivity index (χ0v) is 12.1. The zero-order valence-electron chi connectivity index (χ0n) is 12.1. The second-order valence-electron chi connectivity index (χ2n) is 5.04. The van der Waals surface area contributed by atoms with Gasteiger partial charge in [0, 0.05) is 6.42 Å². The molecule has 0 aromatic carbocycles. The van der Waals surface area contributed by atoms with Crippen LogP contribution in [0.5, 0.6) is 0 Å². The van der Waals surface area contributed by atoms with Crippen molar-refractivity contribution < 1.29 is 14.3 Å². The lowest BCUT2D eigenvalue weighted by molar-refractivity contribution is -0.133. The molecule has 1 saturated heterocycles. The first-order valence-corrected chi connectivity index (χ1v) is 7.12. The molecule has 0 spiro atoms. The van der Waals surface area contributed by atoms with E-state index in [1.165, 1.54) is 0 Å². The normalized spacial score (nSPS) is 29.7. The number of hydrogen-bond acceptors (Lipinski definition) is 3. The van der Waals surface area contributed by atoms with Crippen LogP contribution in [0.25, 0.3) is 0 Å². The molecule has 0 aromatic heterocycles. The maximum atomic E-state index is 11.8. The van der Waals surface area contributed by atoms with E-state index in [2.05, 4.69) is 0 Å². The number of ether oxygens (including phenoxy) is 2. The molecule has 1 aliphatic heterocycles. The van der Waals surface area contributed by atoms with Gasteiger partial charge in [0.1, 0.15) is 6.10 Å². The minimum absolute atomic E-state index is 0.0490. The average molecular weight is 254 g/mol. The Labute approximate surface area is 111 Å². The highest BCUT2D eigenvalue weighted by atomic mass is 16.7. The van der Waals surface area contributed by atoms with Gasteiger partial charge in [-0.3, -0.25) is 4.79 Å². The van der Waals surface area contributed by atoms with E-state index in [1.54, 1.807) is 0 Å². The van der Waals surface area contributed by atoms with Crippen LogP contribution in [0.4, 0.5) is 0 Å². The number of Topliss-reactive ketones (excluding diaryl/α,β-unsaturated/α-hetero) is 1. The van der Waals surface area contributed by atoms with Crippen LogP contribution in [0, 0.1) is 0 Å². The first-order chi connectivity index (χ1) is 8.57. The number of carbonyl (C=O) groups is 1. The average Bonchev–Trinajstić information content (AvgIpc) is 2.55. The fourth-order valence-corrected chi connectivity index (χ4v) is 2.28. The molecular formula is C15H26O3. The molecule has 1 saturated carbocycles. The monoisotopic (exact) mass is 254 g/mol. The van der Waals surface area contributed by atoms with Crippen molar-refractivity contribution in [3.05, 3.63) is 11.6 Å².